The maximum atomic E-state index is 7.32. The molecule has 0 amide bonds. The Labute approximate surface area is 530 Å². The summed E-state index contributed by atoms with van der Waals surface area (Å²) in [6, 6.07) is 78.0. The Bertz CT molecular complexity index is 3180. The molecule has 0 aromatic heterocycles. The molecule has 4 nitrogen and oxygen atoms in total. The normalized spacial score (nSPS) is 14.2. The van der Waals surface area contributed by atoms with Gasteiger partial charge < -0.3 is 0 Å². The number of hydroxylamine groups is 4. The van der Waals surface area contributed by atoms with Crippen LogP contribution in [-0.4, -0.2) is 21.2 Å². The van der Waals surface area contributed by atoms with E-state index in [0.717, 1.165) is 12.8 Å². The fourth-order valence-corrected chi connectivity index (χ4v) is 11.5. The molecule has 0 aliphatic heterocycles. The van der Waals surface area contributed by atoms with Gasteiger partial charge in [-0.05, 0) is 177 Å². The highest BCUT2D eigenvalue weighted by Gasteiger charge is 2.38. The van der Waals surface area contributed by atoms with Crippen LogP contribution in [0.2, 0.25) is 0 Å². The van der Waals surface area contributed by atoms with Gasteiger partial charge in [-0.25, -0.2) is 0 Å². The summed E-state index contributed by atoms with van der Waals surface area (Å²) in [7, 11) is 0. The second-order valence-corrected chi connectivity index (χ2v) is 25.7. The average Bonchev–Trinajstić information content (AvgIpc) is 1.82. The molecule has 8 aromatic carbocycles. The van der Waals surface area contributed by atoms with E-state index < -0.39 is 0 Å². The zero-order chi connectivity index (χ0) is 60.2. The second-order valence-electron chi connectivity index (χ2n) is 25.7. The number of hydrogen-bond donors (Lipinski definition) is 0. The van der Waals surface area contributed by atoms with Gasteiger partial charge in [0.15, 0.2) is 0 Å². The smallest absolute Gasteiger partial charge is 0.105 e. The molecule has 2 aliphatic carbocycles. The summed E-state index contributed by atoms with van der Waals surface area (Å²) in [5, 5.41) is 4.49. The van der Waals surface area contributed by atoms with Gasteiger partial charge in [0.05, 0.1) is 12.1 Å². The van der Waals surface area contributed by atoms with Crippen molar-refractivity contribution in [1.29, 1.82) is 0 Å². The van der Waals surface area contributed by atoms with Gasteiger partial charge in [0.2, 0.25) is 0 Å². The quantitative estimate of drug-likeness (QED) is 0.0710. The Kier molecular flexibility index (Phi) is 29.3. The minimum absolute atomic E-state index is 0. The van der Waals surface area contributed by atoms with Crippen molar-refractivity contribution in [3.63, 3.8) is 0 Å². The predicted octanol–water partition coefficient (Wildman–Crippen LogP) is 23.5. The van der Waals surface area contributed by atoms with Gasteiger partial charge in [0.1, 0.15) is 12.2 Å². The van der Waals surface area contributed by atoms with Crippen molar-refractivity contribution in [3.05, 3.63) is 298 Å². The molecule has 0 saturated heterocycles. The third-order valence-electron chi connectivity index (χ3n) is 16.4. The number of aryl methyl sites for hydroxylation is 4. The molecule has 6 unspecified atom stereocenters. The largest absolute Gasteiger partial charge is 0.290 e. The molecule has 0 saturated carbocycles. The van der Waals surface area contributed by atoms with Crippen molar-refractivity contribution in [1.82, 2.24) is 10.1 Å². The molecule has 6 atom stereocenters. The van der Waals surface area contributed by atoms with Crippen LogP contribution in [0.25, 0.3) is 12.2 Å². The lowest BCUT2D eigenvalue weighted by atomic mass is 9.79. The summed E-state index contributed by atoms with van der Waals surface area (Å²) >= 11 is 0. The van der Waals surface area contributed by atoms with Crippen LogP contribution in [0.1, 0.15) is 221 Å². The van der Waals surface area contributed by atoms with E-state index in [1.165, 1.54) is 92.4 Å². The zero-order valence-electron chi connectivity index (χ0n) is 52.9. The van der Waals surface area contributed by atoms with E-state index in [2.05, 4.69) is 288 Å². The molecule has 4 heteroatoms. The molecule has 464 valence electrons. The van der Waals surface area contributed by atoms with Gasteiger partial charge in [-0.15, -0.1) is 0 Å². The second kappa shape index (κ2) is 35.2. The van der Waals surface area contributed by atoms with Gasteiger partial charge in [-0.2, -0.15) is 10.1 Å². The van der Waals surface area contributed by atoms with Crippen molar-refractivity contribution in [2.45, 2.75) is 191 Å². The fraction of sp³-hybridized carbons (Fsp3) is 0.373. The van der Waals surface area contributed by atoms with Gasteiger partial charge in [-0.1, -0.05) is 301 Å². The van der Waals surface area contributed by atoms with Gasteiger partial charge in [0.25, 0.3) is 0 Å². The van der Waals surface area contributed by atoms with Crippen LogP contribution in [0, 0.1) is 11.8 Å². The van der Waals surface area contributed by atoms with Crippen LogP contribution >= 0.6 is 0 Å². The van der Waals surface area contributed by atoms with E-state index in [4.69, 9.17) is 9.68 Å². The highest BCUT2D eigenvalue weighted by atomic mass is 16.7. The predicted molar refractivity (Wildman–Crippen MR) is 379 cm³/mol. The Morgan fingerprint density at radius 3 is 1.11 bits per heavy atom. The number of benzene rings is 8. The molecule has 0 fully saturated rings. The molecule has 2 aliphatic rings. The van der Waals surface area contributed by atoms with E-state index in [9.17, 15) is 0 Å². The van der Waals surface area contributed by atoms with Crippen LogP contribution in [0.5, 0.6) is 0 Å². The minimum atomic E-state index is -0.194. The fourth-order valence-electron chi connectivity index (χ4n) is 11.5. The summed E-state index contributed by atoms with van der Waals surface area (Å²) < 4.78 is 0. The topological polar surface area (TPSA) is 24.9 Å². The van der Waals surface area contributed by atoms with Crippen LogP contribution < -0.4 is 0 Å². The molecule has 0 spiro atoms. The third kappa shape index (κ3) is 21.1. The first-order chi connectivity index (χ1) is 40.3. The van der Waals surface area contributed by atoms with Crippen molar-refractivity contribution in [3.8, 4) is 0 Å². The summed E-state index contributed by atoms with van der Waals surface area (Å²) in [5.74, 6) is 1.64. The first-order valence-corrected chi connectivity index (χ1v) is 31.0. The minimum Gasteiger partial charge on any atom is -0.290 e. The van der Waals surface area contributed by atoms with Gasteiger partial charge in [0, 0.05) is 11.1 Å². The molecule has 0 heterocycles. The molecule has 8 aromatic rings. The zero-order valence-corrected chi connectivity index (χ0v) is 52.9. The Morgan fingerprint density at radius 2 is 0.747 bits per heavy atom. The van der Waals surface area contributed by atoms with Crippen molar-refractivity contribution >= 4 is 12.2 Å². The molecule has 87 heavy (non-hydrogen) atoms. The number of nitrogens with zero attached hydrogens (tertiary/aromatic N) is 2. The Balaban J connectivity index is 0.000000299. The summed E-state index contributed by atoms with van der Waals surface area (Å²) in [6.07, 6.45) is 10.6. The first-order valence-electron chi connectivity index (χ1n) is 31.0. The molecule has 10 rings (SSSR count). The highest BCUT2D eigenvalue weighted by Crippen LogP contribution is 2.44. The average molecular weight is 1170 g/mol. The Morgan fingerprint density at radius 1 is 0.379 bits per heavy atom. The summed E-state index contributed by atoms with van der Waals surface area (Å²) in [4.78, 5) is 13.8. The number of hydrogen-bond acceptors (Lipinski definition) is 4. The van der Waals surface area contributed by atoms with Crippen LogP contribution in [-0.2, 0) is 35.4 Å². The Hall–Kier alpha value is -6.92. The first kappa shape index (κ1) is 72.6. The van der Waals surface area contributed by atoms with Crippen LogP contribution in [0.3, 0.4) is 0 Å². The SMILES string of the molecule is C.C.C.C=Cc1ccc2c(c1)CC2.C=Cc1ccccc1.CC(CC(CC(ON(C(c1ccccc1)C(C)C)C(C)(C)C)c1ccccc1)c1ccc2c(c1)CC2)c1ccccc1.CC(ON(C(c1ccccc1)C(C)C)C(C)(C)C)c1ccccc1. The third-order valence-corrected chi connectivity index (χ3v) is 16.4. The molecular weight excluding hydrogens is 1060 g/mol. The van der Waals surface area contributed by atoms with Gasteiger partial charge in [-0.3, -0.25) is 9.68 Å². The van der Waals surface area contributed by atoms with Crippen molar-refractivity contribution < 1.29 is 9.68 Å². The van der Waals surface area contributed by atoms with Crippen LogP contribution in [0.4, 0.5) is 0 Å². The lowest BCUT2D eigenvalue weighted by molar-refractivity contribution is -0.278. The van der Waals surface area contributed by atoms with E-state index in [1.807, 2.05) is 48.6 Å². The van der Waals surface area contributed by atoms with Crippen LogP contribution in [0.15, 0.2) is 232 Å². The lowest BCUT2D eigenvalue weighted by Crippen LogP contribution is -2.46. The summed E-state index contributed by atoms with van der Waals surface area (Å²) in [5.41, 5.74) is 16.1. The maximum Gasteiger partial charge on any atom is 0.105 e. The molecule has 0 bridgehead atoms. The highest BCUT2D eigenvalue weighted by molar-refractivity contribution is 5.52. The van der Waals surface area contributed by atoms with Gasteiger partial charge >= 0.3 is 0 Å². The monoisotopic (exact) mass is 1170 g/mol. The molecular formula is C83H110N2O2. The molecule has 0 N–H and O–H groups in total. The standard InChI is InChI=1S/C40H49NO.C22H31NO.C10H10.C8H8.3CH4/c1-29(2)39(34-20-14-9-15-21-34)41(40(4,5)6)42-38(33-18-12-8-13-19-33)28-37(26-30(3)31-16-10-7-11-17-31)36-25-23-32-22-24-35(32)27-36;1-17(2)21(20-15-11-8-12-16-20)23(22(4,5)6)24-18(3)19-13-9-7-10-14-19;1-2-8-3-4-9-5-6-10(9)7-8;1-2-8-6-4-3-5-7-8;;;/h7-21,23,25,27,29-30,37-39H,22,24,26,28H2,1-6H3;7-18,21H,1-6H3;2-4,7H,1,5-6H2;2-7H,1H2;3*1H4. The summed E-state index contributed by atoms with van der Waals surface area (Å²) in [6.45, 7) is 34.5. The van der Waals surface area contributed by atoms with Crippen molar-refractivity contribution in [2.75, 3.05) is 0 Å². The van der Waals surface area contributed by atoms with E-state index in [0.29, 0.717) is 23.7 Å². The van der Waals surface area contributed by atoms with Crippen molar-refractivity contribution in [2.24, 2.45) is 11.8 Å². The molecule has 0 radical (unpaired) electrons. The number of rotatable bonds is 20. The number of fused-ring (bicyclic) bond motifs is 2. The lowest BCUT2D eigenvalue weighted by Gasteiger charge is -2.45. The van der Waals surface area contributed by atoms with E-state index >= 15 is 0 Å². The maximum absolute atomic E-state index is 7.32. The van der Waals surface area contributed by atoms with E-state index in [1.54, 1.807) is 0 Å². The van der Waals surface area contributed by atoms with E-state index in [-0.39, 0.29) is 57.6 Å².